The minimum Gasteiger partial charge on any atom is -0.294 e. The van der Waals surface area contributed by atoms with Crippen LogP contribution in [0.3, 0.4) is 0 Å². The fourth-order valence-electron chi connectivity index (χ4n) is 2.64. The summed E-state index contributed by atoms with van der Waals surface area (Å²) >= 11 is 5.87. The first-order valence-corrected chi connectivity index (χ1v) is 8.26. The van der Waals surface area contributed by atoms with Crippen LogP contribution in [0.5, 0.6) is 0 Å². The summed E-state index contributed by atoms with van der Waals surface area (Å²) in [6.45, 7) is 0. The van der Waals surface area contributed by atoms with Crippen molar-refractivity contribution in [3.8, 4) is 11.1 Å². The van der Waals surface area contributed by atoms with E-state index in [0.29, 0.717) is 16.1 Å². The number of Topliss-reactive ketones (excluding diaryl/α,β-unsaturated/α-hetero) is 1. The maximum atomic E-state index is 12.8. The molecule has 0 aliphatic heterocycles. The van der Waals surface area contributed by atoms with Gasteiger partial charge in [0.15, 0.2) is 5.78 Å². The van der Waals surface area contributed by atoms with Gasteiger partial charge in [-0.15, -0.1) is 0 Å². The molecule has 0 saturated heterocycles. The molecule has 26 heavy (non-hydrogen) atoms. The SMILES string of the molecule is O=C(Cc1cccc(C(F)(F)F)c1)c1ccc(-c2ccc(Cl)cc2)cc1. The number of alkyl halides is 3. The summed E-state index contributed by atoms with van der Waals surface area (Å²) in [5, 5.41) is 0.640. The van der Waals surface area contributed by atoms with Gasteiger partial charge in [-0.1, -0.05) is 66.2 Å². The van der Waals surface area contributed by atoms with Crippen molar-refractivity contribution in [1.29, 1.82) is 0 Å². The molecule has 0 N–H and O–H groups in total. The summed E-state index contributed by atoms with van der Waals surface area (Å²) in [6, 6.07) is 19.1. The molecule has 0 heterocycles. The first-order chi connectivity index (χ1) is 12.3. The second-order valence-electron chi connectivity index (χ2n) is 5.88. The standard InChI is InChI=1S/C21H14ClF3O/c22-19-10-8-16(9-11-19)15-4-6-17(7-5-15)20(26)13-14-2-1-3-18(12-14)21(23,24)25/h1-12H,13H2. The maximum absolute atomic E-state index is 12.8. The molecule has 3 aromatic carbocycles. The van der Waals surface area contributed by atoms with E-state index in [4.69, 9.17) is 11.6 Å². The maximum Gasteiger partial charge on any atom is 0.416 e. The molecular weight excluding hydrogens is 361 g/mol. The Morgan fingerprint density at radius 1 is 0.846 bits per heavy atom. The normalized spacial score (nSPS) is 11.4. The molecule has 3 aromatic rings. The van der Waals surface area contributed by atoms with Crippen LogP contribution in [0.4, 0.5) is 13.2 Å². The molecule has 0 aliphatic carbocycles. The first-order valence-electron chi connectivity index (χ1n) is 7.88. The number of benzene rings is 3. The van der Waals surface area contributed by atoms with E-state index in [-0.39, 0.29) is 12.2 Å². The van der Waals surface area contributed by atoms with Crippen LogP contribution in [-0.4, -0.2) is 5.78 Å². The molecule has 3 rings (SSSR count). The van der Waals surface area contributed by atoms with Crippen molar-refractivity contribution in [3.05, 3.63) is 94.5 Å². The zero-order chi connectivity index (χ0) is 18.7. The second-order valence-corrected chi connectivity index (χ2v) is 6.32. The molecule has 0 atom stereocenters. The summed E-state index contributed by atoms with van der Waals surface area (Å²) in [4.78, 5) is 12.4. The number of rotatable bonds is 4. The van der Waals surface area contributed by atoms with Gasteiger partial charge in [-0.25, -0.2) is 0 Å². The van der Waals surface area contributed by atoms with Gasteiger partial charge in [-0.2, -0.15) is 13.2 Å². The Bertz CT molecular complexity index is 913. The highest BCUT2D eigenvalue weighted by molar-refractivity contribution is 6.30. The van der Waals surface area contributed by atoms with E-state index in [1.165, 1.54) is 12.1 Å². The topological polar surface area (TPSA) is 17.1 Å². The van der Waals surface area contributed by atoms with E-state index < -0.39 is 11.7 Å². The Kier molecular flexibility index (Phi) is 5.14. The fourth-order valence-corrected chi connectivity index (χ4v) is 2.76. The first kappa shape index (κ1) is 18.2. The highest BCUT2D eigenvalue weighted by Gasteiger charge is 2.30. The third-order valence-corrected chi connectivity index (χ3v) is 4.26. The molecule has 5 heteroatoms. The number of ketones is 1. The van der Waals surface area contributed by atoms with E-state index in [0.717, 1.165) is 23.3 Å². The Morgan fingerprint density at radius 3 is 2.00 bits per heavy atom. The van der Waals surface area contributed by atoms with E-state index in [1.54, 1.807) is 24.3 Å². The van der Waals surface area contributed by atoms with Gasteiger partial charge in [0.2, 0.25) is 0 Å². The van der Waals surface area contributed by atoms with Crippen LogP contribution in [-0.2, 0) is 12.6 Å². The van der Waals surface area contributed by atoms with Crippen molar-refractivity contribution >= 4 is 17.4 Å². The molecule has 0 radical (unpaired) electrons. The van der Waals surface area contributed by atoms with Gasteiger partial charge < -0.3 is 0 Å². The lowest BCUT2D eigenvalue weighted by Crippen LogP contribution is -2.08. The summed E-state index contributed by atoms with van der Waals surface area (Å²) in [6.07, 6.45) is -4.50. The van der Waals surface area contributed by atoms with Crippen molar-refractivity contribution in [2.75, 3.05) is 0 Å². The third-order valence-electron chi connectivity index (χ3n) is 4.00. The van der Waals surface area contributed by atoms with Crippen LogP contribution in [0, 0.1) is 0 Å². The van der Waals surface area contributed by atoms with Gasteiger partial charge in [0, 0.05) is 17.0 Å². The third kappa shape index (κ3) is 4.33. The number of hydrogen-bond donors (Lipinski definition) is 0. The van der Waals surface area contributed by atoms with Crippen molar-refractivity contribution in [3.63, 3.8) is 0 Å². The Labute approximate surface area is 154 Å². The summed E-state index contributed by atoms with van der Waals surface area (Å²) < 4.78 is 38.3. The number of halogens is 4. The highest BCUT2D eigenvalue weighted by atomic mass is 35.5. The van der Waals surface area contributed by atoms with Crippen LogP contribution < -0.4 is 0 Å². The van der Waals surface area contributed by atoms with Crippen molar-refractivity contribution in [2.24, 2.45) is 0 Å². The van der Waals surface area contributed by atoms with Gasteiger partial charge in [0.25, 0.3) is 0 Å². The largest absolute Gasteiger partial charge is 0.416 e. The molecular formula is C21H14ClF3O. The smallest absolute Gasteiger partial charge is 0.294 e. The average Bonchev–Trinajstić information content (AvgIpc) is 2.62. The summed E-state index contributed by atoms with van der Waals surface area (Å²) in [7, 11) is 0. The molecule has 0 spiro atoms. The van der Waals surface area contributed by atoms with Crippen LogP contribution >= 0.6 is 11.6 Å². The van der Waals surface area contributed by atoms with Crippen LogP contribution in [0.15, 0.2) is 72.8 Å². The Hall–Kier alpha value is -2.59. The monoisotopic (exact) mass is 374 g/mol. The number of carbonyl (C=O) groups excluding carboxylic acids is 1. The van der Waals surface area contributed by atoms with E-state index in [9.17, 15) is 18.0 Å². The molecule has 0 amide bonds. The van der Waals surface area contributed by atoms with Gasteiger partial charge in [0.05, 0.1) is 5.56 Å². The minimum atomic E-state index is -4.42. The number of hydrogen-bond acceptors (Lipinski definition) is 1. The van der Waals surface area contributed by atoms with Crippen LogP contribution in [0.2, 0.25) is 5.02 Å². The lowest BCUT2D eigenvalue weighted by molar-refractivity contribution is -0.137. The Morgan fingerprint density at radius 2 is 1.42 bits per heavy atom. The molecule has 0 fully saturated rings. The van der Waals surface area contributed by atoms with E-state index in [2.05, 4.69) is 0 Å². The van der Waals surface area contributed by atoms with Crippen molar-refractivity contribution in [2.45, 2.75) is 12.6 Å². The predicted octanol–water partition coefficient (Wildman–Crippen LogP) is 6.45. The molecule has 1 nitrogen and oxygen atoms in total. The predicted molar refractivity (Wildman–Crippen MR) is 96.4 cm³/mol. The van der Waals surface area contributed by atoms with Gasteiger partial charge in [-0.3, -0.25) is 4.79 Å². The highest BCUT2D eigenvalue weighted by Crippen LogP contribution is 2.30. The lowest BCUT2D eigenvalue weighted by atomic mass is 9.98. The lowest BCUT2D eigenvalue weighted by Gasteiger charge is -2.09. The van der Waals surface area contributed by atoms with Crippen LogP contribution in [0.1, 0.15) is 21.5 Å². The van der Waals surface area contributed by atoms with E-state index >= 15 is 0 Å². The zero-order valence-corrected chi connectivity index (χ0v) is 14.3. The molecule has 0 aliphatic rings. The van der Waals surface area contributed by atoms with Gasteiger partial charge in [-0.05, 0) is 34.9 Å². The van der Waals surface area contributed by atoms with Gasteiger partial charge in [0.1, 0.15) is 0 Å². The Balaban J connectivity index is 1.75. The molecule has 0 bridgehead atoms. The zero-order valence-electron chi connectivity index (χ0n) is 13.6. The number of carbonyl (C=O) groups is 1. The van der Waals surface area contributed by atoms with Crippen molar-refractivity contribution in [1.82, 2.24) is 0 Å². The van der Waals surface area contributed by atoms with Gasteiger partial charge >= 0.3 is 6.18 Å². The quantitative estimate of drug-likeness (QED) is 0.479. The molecule has 0 unspecified atom stereocenters. The minimum absolute atomic E-state index is 0.0792. The molecule has 132 valence electrons. The fraction of sp³-hybridized carbons (Fsp3) is 0.0952. The van der Waals surface area contributed by atoms with E-state index in [1.807, 2.05) is 24.3 Å². The van der Waals surface area contributed by atoms with Crippen molar-refractivity contribution < 1.29 is 18.0 Å². The summed E-state index contributed by atoms with van der Waals surface area (Å²) in [5.41, 5.74) is 1.94. The molecule has 0 saturated carbocycles. The summed E-state index contributed by atoms with van der Waals surface area (Å²) in [5.74, 6) is -0.230. The second kappa shape index (κ2) is 7.34. The van der Waals surface area contributed by atoms with Crippen LogP contribution in [0.25, 0.3) is 11.1 Å². The average molecular weight is 375 g/mol. The molecule has 0 aromatic heterocycles.